The summed E-state index contributed by atoms with van der Waals surface area (Å²) in [4.78, 5) is 31.0. The Hall–Kier alpha value is -3.66. The Morgan fingerprint density at radius 2 is 1.74 bits per heavy atom. The van der Waals surface area contributed by atoms with Crippen LogP contribution < -0.4 is 5.32 Å². The molecule has 3 aliphatic rings. The Morgan fingerprint density at radius 3 is 2.40 bits per heavy atom. The molecule has 1 aromatic carbocycles. The van der Waals surface area contributed by atoms with E-state index in [4.69, 9.17) is 0 Å². The maximum Gasteiger partial charge on any atom is 0.257 e. The molecule has 9 nitrogen and oxygen atoms in total. The van der Waals surface area contributed by atoms with E-state index in [0.717, 1.165) is 81.8 Å². The highest BCUT2D eigenvalue weighted by atomic mass is 19.1. The van der Waals surface area contributed by atoms with Crippen molar-refractivity contribution in [2.75, 3.05) is 32.7 Å². The number of benzene rings is 1. The third kappa shape index (κ3) is 5.82. The largest absolute Gasteiger partial charge is 0.349 e. The molecule has 2 saturated heterocycles. The van der Waals surface area contributed by atoms with E-state index in [9.17, 15) is 14.0 Å². The van der Waals surface area contributed by atoms with Gasteiger partial charge in [0.25, 0.3) is 5.91 Å². The second-order valence-corrected chi connectivity index (χ2v) is 12.4. The average Bonchev–Trinajstić information content (AvgIpc) is 3.76. The van der Waals surface area contributed by atoms with Gasteiger partial charge in [0.1, 0.15) is 5.82 Å². The fourth-order valence-corrected chi connectivity index (χ4v) is 7.11. The normalized spacial score (nSPS) is 21.6. The van der Waals surface area contributed by atoms with Crippen LogP contribution >= 0.6 is 0 Å². The first-order valence-electron chi connectivity index (χ1n) is 15.2. The van der Waals surface area contributed by atoms with Gasteiger partial charge in [-0.2, -0.15) is 10.2 Å². The Labute approximate surface area is 246 Å². The minimum Gasteiger partial charge on any atom is -0.349 e. The van der Waals surface area contributed by atoms with Gasteiger partial charge in [0.05, 0.1) is 28.7 Å². The third-order valence-electron chi connectivity index (χ3n) is 9.38. The second kappa shape index (κ2) is 11.9. The van der Waals surface area contributed by atoms with Gasteiger partial charge in [-0.15, -0.1) is 5.10 Å². The van der Waals surface area contributed by atoms with Crippen molar-refractivity contribution in [3.63, 3.8) is 0 Å². The molecule has 3 unspecified atom stereocenters. The maximum absolute atomic E-state index is 14.1. The van der Waals surface area contributed by atoms with E-state index in [1.807, 2.05) is 43.9 Å². The molecule has 2 aromatic heterocycles. The molecule has 3 fully saturated rings. The zero-order valence-electron chi connectivity index (χ0n) is 24.7. The van der Waals surface area contributed by atoms with E-state index < -0.39 is 0 Å². The first-order valence-corrected chi connectivity index (χ1v) is 15.2. The monoisotopic (exact) mass is 573 g/mol. The van der Waals surface area contributed by atoms with E-state index in [1.165, 1.54) is 6.07 Å². The van der Waals surface area contributed by atoms with Crippen molar-refractivity contribution in [1.29, 1.82) is 0 Å². The van der Waals surface area contributed by atoms with Crippen molar-refractivity contribution in [2.24, 2.45) is 17.8 Å². The highest BCUT2D eigenvalue weighted by molar-refractivity contribution is 5.96. The van der Waals surface area contributed by atoms with E-state index >= 15 is 0 Å². The summed E-state index contributed by atoms with van der Waals surface area (Å²) in [6.07, 6.45) is 4.80. The number of nitrogens with one attached hydrogen (secondary N) is 1. The first kappa shape index (κ1) is 28.5. The maximum atomic E-state index is 14.1. The lowest BCUT2D eigenvalue weighted by molar-refractivity contribution is -0.125. The minimum absolute atomic E-state index is 0.0260. The SMILES string of the molecule is Cc1ccc(-n2nc(C)c(C(=O)N3CC4CN(CCC(NC(=O)C5CCCC5)c5cccc(F)c5)CC4C3)c2C)nn1. The smallest absolute Gasteiger partial charge is 0.257 e. The molecule has 1 N–H and O–H groups in total. The molecular formula is C32H40FN7O2. The van der Waals surface area contributed by atoms with Crippen LogP contribution in [-0.4, -0.2) is 74.3 Å². The summed E-state index contributed by atoms with van der Waals surface area (Å²) in [5.41, 5.74) is 3.76. The Kier molecular flexibility index (Phi) is 8.07. The van der Waals surface area contributed by atoms with Gasteiger partial charge in [-0.1, -0.05) is 25.0 Å². The van der Waals surface area contributed by atoms with Crippen molar-refractivity contribution in [2.45, 2.75) is 58.9 Å². The van der Waals surface area contributed by atoms with Gasteiger partial charge in [-0.05, 0) is 81.7 Å². The van der Waals surface area contributed by atoms with Crippen LogP contribution in [-0.2, 0) is 4.79 Å². The number of hydrogen-bond acceptors (Lipinski definition) is 6. The lowest BCUT2D eigenvalue weighted by Crippen LogP contribution is -2.37. The number of carbonyl (C=O) groups excluding carboxylic acids is 2. The van der Waals surface area contributed by atoms with Crippen LogP contribution in [0.3, 0.4) is 0 Å². The highest BCUT2D eigenvalue weighted by Gasteiger charge is 2.42. The number of likely N-dealkylation sites (tertiary alicyclic amines) is 2. The number of carbonyl (C=O) groups is 2. The van der Waals surface area contributed by atoms with Crippen LogP contribution in [0.4, 0.5) is 4.39 Å². The Bertz CT molecular complexity index is 1440. The minimum atomic E-state index is -0.282. The summed E-state index contributed by atoms with van der Waals surface area (Å²) in [5.74, 6) is 1.33. The van der Waals surface area contributed by atoms with E-state index in [0.29, 0.717) is 28.9 Å². The number of hydrogen-bond donors (Lipinski definition) is 1. The van der Waals surface area contributed by atoms with Crippen molar-refractivity contribution in [3.05, 3.63) is 70.4 Å². The number of rotatable bonds is 8. The predicted molar refractivity (Wildman–Crippen MR) is 157 cm³/mol. The van der Waals surface area contributed by atoms with Crippen molar-refractivity contribution >= 4 is 11.8 Å². The Balaban J connectivity index is 1.07. The van der Waals surface area contributed by atoms with Gasteiger partial charge >= 0.3 is 0 Å². The van der Waals surface area contributed by atoms with Gasteiger partial charge in [-0.3, -0.25) is 9.59 Å². The molecule has 1 aliphatic carbocycles. The number of halogens is 1. The van der Waals surface area contributed by atoms with Crippen LogP contribution in [0.2, 0.25) is 0 Å². The molecule has 3 atom stereocenters. The van der Waals surface area contributed by atoms with Crippen molar-refractivity contribution in [1.82, 2.24) is 35.1 Å². The summed E-state index contributed by atoms with van der Waals surface area (Å²) in [7, 11) is 0. The molecule has 1 saturated carbocycles. The van der Waals surface area contributed by atoms with Gasteiger partial charge in [0.15, 0.2) is 5.82 Å². The lowest BCUT2D eigenvalue weighted by Gasteiger charge is -2.26. The molecule has 2 amide bonds. The molecule has 2 aliphatic heterocycles. The van der Waals surface area contributed by atoms with Crippen LogP contribution in [0.5, 0.6) is 0 Å². The van der Waals surface area contributed by atoms with Crippen LogP contribution in [0.25, 0.3) is 5.82 Å². The number of aryl methyl sites for hydroxylation is 2. The fourth-order valence-electron chi connectivity index (χ4n) is 7.11. The van der Waals surface area contributed by atoms with Gasteiger partial charge in [0, 0.05) is 38.6 Å². The molecule has 3 aromatic rings. The molecular weight excluding hydrogens is 533 g/mol. The van der Waals surface area contributed by atoms with Crippen molar-refractivity contribution in [3.8, 4) is 5.82 Å². The Morgan fingerprint density at radius 1 is 1.00 bits per heavy atom. The summed E-state index contributed by atoms with van der Waals surface area (Å²) in [5, 5.41) is 16.2. The summed E-state index contributed by atoms with van der Waals surface area (Å²) in [6, 6.07) is 10.1. The summed E-state index contributed by atoms with van der Waals surface area (Å²) in [6.45, 7) is 9.76. The summed E-state index contributed by atoms with van der Waals surface area (Å²) < 4.78 is 15.8. The second-order valence-electron chi connectivity index (χ2n) is 12.4. The average molecular weight is 574 g/mol. The van der Waals surface area contributed by atoms with Gasteiger partial charge < -0.3 is 15.1 Å². The van der Waals surface area contributed by atoms with Gasteiger partial charge in [-0.25, -0.2) is 9.07 Å². The molecule has 6 rings (SSSR count). The first-order chi connectivity index (χ1) is 20.3. The zero-order valence-corrected chi connectivity index (χ0v) is 24.7. The zero-order chi connectivity index (χ0) is 29.4. The topological polar surface area (TPSA) is 96.2 Å². The van der Waals surface area contributed by atoms with E-state index in [2.05, 4.69) is 25.5 Å². The number of fused-ring (bicyclic) bond motifs is 1. The van der Waals surface area contributed by atoms with Crippen LogP contribution in [0, 0.1) is 44.3 Å². The summed E-state index contributed by atoms with van der Waals surface area (Å²) >= 11 is 0. The number of nitrogens with zero attached hydrogens (tertiary/aromatic N) is 6. The predicted octanol–water partition coefficient (Wildman–Crippen LogP) is 4.17. The number of aromatic nitrogens is 4. The van der Waals surface area contributed by atoms with E-state index in [-0.39, 0.29) is 29.6 Å². The third-order valence-corrected chi connectivity index (χ3v) is 9.38. The molecule has 0 bridgehead atoms. The molecule has 0 spiro atoms. The quantitative estimate of drug-likeness (QED) is 0.435. The van der Waals surface area contributed by atoms with Crippen molar-refractivity contribution < 1.29 is 14.0 Å². The highest BCUT2D eigenvalue weighted by Crippen LogP contribution is 2.34. The van der Waals surface area contributed by atoms with Gasteiger partial charge in [0.2, 0.25) is 5.91 Å². The molecule has 4 heterocycles. The van der Waals surface area contributed by atoms with Crippen LogP contribution in [0.1, 0.15) is 71.1 Å². The molecule has 222 valence electrons. The molecule has 42 heavy (non-hydrogen) atoms. The van der Waals surface area contributed by atoms with E-state index in [1.54, 1.807) is 16.8 Å². The fraction of sp³-hybridized carbons (Fsp3) is 0.531. The standard InChI is InChI=1S/C32H40FN7O2/c1-20-11-12-29(36-35-20)40-22(3)30(21(2)37-40)32(42)39-18-25-16-38(17-26(25)19-39)14-13-28(24-9-6-10-27(33)15-24)34-31(41)23-7-4-5-8-23/h6,9-12,15,23,25-26,28H,4-5,7-8,13-14,16-19H2,1-3H3,(H,34,41). The lowest BCUT2D eigenvalue weighted by atomic mass is 10.0. The molecule has 0 radical (unpaired) electrons. The van der Waals surface area contributed by atoms with Crippen LogP contribution in [0.15, 0.2) is 36.4 Å². The number of amides is 2. The molecule has 10 heteroatoms.